The second-order valence-corrected chi connectivity index (χ2v) is 6.61. The molecular weight excluding hydrogens is 328 g/mol. The lowest BCUT2D eigenvalue weighted by Gasteiger charge is -2.10. The van der Waals surface area contributed by atoms with Crippen molar-refractivity contribution in [3.63, 3.8) is 0 Å². The summed E-state index contributed by atoms with van der Waals surface area (Å²) in [6, 6.07) is 9.31. The first kappa shape index (κ1) is 18.1. The zero-order valence-corrected chi connectivity index (χ0v) is 14.9. The van der Waals surface area contributed by atoms with E-state index in [1.54, 1.807) is 6.20 Å². The minimum absolute atomic E-state index is 0.139. The summed E-state index contributed by atoms with van der Waals surface area (Å²) >= 11 is 0. The van der Waals surface area contributed by atoms with Gasteiger partial charge in [0, 0.05) is 25.7 Å². The molecule has 0 saturated heterocycles. The lowest BCUT2D eigenvalue weighted by molar-refractivity contribution is -0.121. The summed E-state index contributed by atoms with van der Waals surface area (Å²) in [6.45, 7) is 1.20. The van der Waals surface area contributed by atoms with Crippen molar-refractivity contribution in [3.05, 3.63) is 36.5 Å². The van der Waals surface area contributed by atoms with Crippen molar-refractivity contribution in [2.75, 3.05) is 23.7 Å². The summed E-state index contributed by atoms with van der Waals surface area (Å²) in [6.07, 6.45) is 8.61. The van der Waals surface area contributed by atoms with Crippen LogP contribution >= 0.6 is 0 Å². The van der Waals surface area contributed by atoms with E-state index < -0.39 is 0 Å². The molecule has 1 amide bonds. The number of amides is 1. The molecule has 3 rings (SSSR count). The van der Waals surface area contributed by atoms with Gasteiger partial charge in [0.25, 0.3) is 0 Å². The maximum absolute atomic E-state index is 11.8. The third-order valence-corrected chi connectivity index (χ3v) is 4.59. The maximum Gasteiger partial charge on any atom is 0.220 e. The third-order valence-electron chi connectivity index (χ3n) is 4.59. The molecule has 2 heterocycles. The first-order chi connectivity index (χ1) is 12.8. The number of hydrogen-bond acceptors (Lipinski definition) is 6. The van der Waals surface area contributed by atoms with E-state index in [0.717, 1.165) is 18.2 Å². The minimum atomic E-state index is 0.139. The third kappa shape index (κ3) is 5.98. The molecule has 0 atom stereocenters. The average molecular weight is 354 g/mol. The highest BCUT2D eigenvalue weighted by molar-refractivity contribution is 5.75. The van der Waals surface area contributed by atoms with E-state index in [2.05, 4.69) is 31.1 Å². The van der Waals surface area contributed by atoms with Crippen LogP contribution in [0, 0.1) is 5.92 Å². The molecule has 0 aromatic carbocycles. The predicted molar refractivity (Wildman–Crippen MR) is 102 cm³/mol. The van der Waals surface area contributed by atoms with Crippen molar-refractivity contribution >= 4 is 23.4 Å². The summed E-state index contributed by atoms with van der Waals surface area (Å²) < 4.78 is 0. The van der Waals surface area contributed by atoms with Gasteiger partial charge in [0.15, 0.2) is 5.82 Å². The Morgan fingerprint density at radius 2 is 1.81 bits per heavy atom. The van der Waals surface area contributed by atoms with Crippen LogP contribution in [0.5, 0.6) is 0 Å². The van der Waals surface area contributed by atoms with Gasteiger partial charge in [-0.2, -0.15) is 0 Å². The Labute approximate surface area is 154 Å². The fourth-order valence-electron chi connectivity index (χ4n) is 3.18. The highest BCUT2D eigenvalue weighted by atomic mass is 16.1. The molecule has 0 unspecified atom stereocenters. The summed E-state index contributed by atoms with van der Waals surface area (Å²) in [4.78, 5) is 16.0. The highest BCUT2D eigenvalue weighted by Gasteiger charge is 2.15. The van der Waals surface area contributed by atoms with Gasteiger partial charge in [0.2, 0.25) is 5.91 Å². The number of nitrogens with one attached hydrogen (secondary N) is 3. The molecule has 0 spiro atoms. The Bertz CT molecular complexity index is 670. The minimum Gasteiger partial charge on any atom is -0.367 e. The van der Waals surface area contributed by atoms with Crippen molar-refractivity contribution in [3.8, 4) is 0 Å². The van der Waals surface area contributed by atoms with Crippen LogP contribution in [-0.4, -0.2) is 34.2 Å². The van der Waals surface area contributed by atoms with Crippen LogP contribution in [-0.2, 0) is 4.79 Å². The van der Waals surface area contributed by atoms with Crippen LogP contribution in [0.1, 0.15) is 38.5 Å². The molecule has 1 aliphatic carbocycles. The van der Waals surface area contributed by atoms with Gasteiger partial charge >= 0.3 is 0 Å². The number of carbonyl (C=O) groups is 1. The van der Waals surface area contributed by atoms with Gasteiger partial charge in [-0.3, -0.25) is 4.79 Å². The first-order valence-corrected chi connectivity index (χ1v) is 9.32. The van der Waals surface area contributed by atoms with E-state index in [1.807, 2.05) is 30.3 Å². The number of rotatable bonds is 9. The van der Waals surface area contributed by atoms with Gasteiger partial charge in [-0.05, 0) is 36.6 Å². The Morgan fingerprint density at radius 3 is 2.54 bits per heavy atom. The van der Waals surface area contributed by atoms with Crippen LogP contribution in [0.25, 0.3) is 0 Å². The largest absolute Gasteiger partial charge is 0.367 e. The van der Waals surface area contributed by atoms with Crippen LogP contribution in [0.2, 0.25) is 0 Å². The molecule has 1 aliphatic rings. The number of aromatic nitrogens is 3. The maximum atomic E-state index is 11.8. The predicted octanol–water partition coefficient (Wildman–Crippen LogP) is 3.11. The van der Waals surface area contributed by atoms with Crippen LogP contribution in [0.3, 0.4) is 0 Å². The van der Waals surface area contributed by atoms with Gasteiger partial charge in [-0.25, -0.2) is 4.98 Å². The van der Waals surface area contributed by atoms with Gasteiger partial charge in [-0.15, -0.1) is 10.2 Å². The number of carbonyl (C=O) groups excluding carboxylic acids is 1. The van der Waals surface area contributed by atoms with Crippen molar-refractivity contribution < 1.29 is 4.79 Å². The molecule has 26 heavy (non-hydrogen) atoms. The second kappa shape index (κ2) is 9.70. The van der Waals surface area contributed by atoms with Gasteiger partial charge in [0.05, 0.1) is 0 Å². The Morgan fingerprint density at radius 1 is 1.00 bits per heavy atom. The molecule has 2 aromatic rings. The van der Waals surface area contributed by atoms with Crippen molar-refractivity contribution in [2.24, 2.45) is 5.92 Å². The fraction of sp³-hybridized carbons (Fsp3) is 0.474. The molecule has 0 aliphatic heterocycles. The molecule has 0 bridgehead atoms. The van der Waals surface area contributed by atoms with E-state index in [9.17, 15) is 4.79 Å². The first-order valence-electron chi connectivity index (χ1n) is 9.32. The molecule has 1 saturated carbocycles. The molecule has 2 aromatic heterocycles. The van der Waals surface area contributed by atoms with Crippen LogP contribution < -0.4 is 16.0 Å². The van der Waals surface area contributed by atoms with E-state index >= 15 is 0 Å². The van der Waals surface area contributed by atoms with E-state index in [1.165, 1.54) is 25.7 Å². The zero-order valence-electron chi connectivity index (χ0n) is 14.9. The number of pyridine rings is 1. The molecule has 0 radical (unpaired) electrons. The van der Waals surface area contributed by atoms with Crippen molar-refractivity contribution in [2.45, 2.75) is 38.5 Å². The molecule has 138 valence electrons. The monoisotopic (exact) mass is 354 g/mol. The molecule has 3 N–H and O–H groups in total. The summed E-state index contributed by atoms with van der Waals surface area (Å²) in [5.41, 5.74) is 0. The summed E-state index contributed by atoms with van der Waals surface area (Å²) in [5.74, 6) is 2.93. The number of anilines is 3. The average Bonchev–Trinajstić information content (AvgIpc) is 3.19. The van der Waals surface area contributed by atoms with Gasteiger partial charge in [0.1, 0.15) is 11.6 Å². The summed E-state index contributed by atoms with van der Waals surface area (Å²) in [5, 5.41) is 17.4. The number of nitrogens with zero attached hydrogens (tertiary/aromatic N) is 3. The topological polar surface area (TPSA) is 91.8 Å². The van der Waals surface area contributed by atoms with Gasteiger partial charge < -0.3 is 16.0 Å². The van der Waals surface area contributed by atoms with Crippen molar-refractivity contribution in [1.82, 2.24) is 20.5 Å². The Hall–Kier alpha value is -2.70. The van der Waals surface area contributed by atoms with Crippen molar-refractivity contribution in [1.29, 1.82) is 0 Å². The lowest BCUT2D eigenvalue weighted by atomic mass is 10.0. The Balaban J connectivity index is 1.31. The standard InChI is InChI=1S/C19H26N6O/c26-19(11-8-15-5-1-2-6-15)22-14-13-21-17-9-10-18(25-24-17)23-16-7-3-4-12-20-16/h3-4,7,9-10,12,15H,1-2,5-6,8,11,13-14H2,(H,21,24)(H,22,26)(H,20,23,25). The molecular formula is C19H26N6O. The smallest absolute Gasteiger partial charge is 0.220 e. The lowest BCUT2D eigenvalue weighted by Crippen LogP contribution is -2.29. The molecule has 1 fully saturated rings. The van der Waals surface area contributed by atoms with E-state index in [0.29, 0.717) is 31.1 Å². The van der Waals surface area contributed by atoms with E-state index in [4.69, 9.17) is 0 Å². The molecule has 7 heteroatoms. The molecule has 7 nitrogen and oxygen atoms in total. The SMILES string of the molecule is O=C(CCC1CCCC1)NCCNc1ccc(Nc2ccccn2)nn1. The van der Waals surface area contributed by atoms with Crippen LogP contribution in [0.15, 0.2) is 36.5 Å². The quantitative estimate of drug-likeness (QED) is 0.599. The van der Waals surface area contributed by atoms with Gasteiger partial charge in [-0.1, -0.05) is 31.7 Å². The van der Waals surface area contributed by atoms with Crippen LogP contribution in [0.4, 0.5) is 17.5 Å². The summed E-state index contributed by atoms with van der Waals surface area (Å²) in [7, 11) is 0. The van der Waals surface area contributed by atoms with E-state index in [-0.39, 0.29) is 5.91 Å². The highest BCUT2D eigenvalue weighted by Crippen LogP contribution is 2.28. The Kier molecular flexibility index (Phi) is 6.75. The zero-order chi connectivity index (χ0) is 18.0. The fourth-order valence-corrected chi connectivity index (χ4v) is 3.18. The second-order valence-electron chi connectivity index (χ2n) is 6.61. The normalized spacial score (nSPS) is 14.2. The number of hydrogen-bond donors (Lipinski definition) is 3.